The summed E-state index contributed by atoms with van der Waals surface area (Å²) in [6.07, 6.45) is 0. The van der Waals surface area contributed by atoms with E-state index in [1.54, 1.807) is 12.1 Å². The molecule has 0 aromatic heterocycles. The molecular formula is C12H15FN2. The average molecular weight is 206 g/mol. The number of nitrogens with zero attached hydrogens (tertiary/aromatic N) is 1. The van der Waals surface area contributed by atoms with Crippen molar-refractivity contribution in [2.24, 2.45) is 0 Å². The van der Waals surface area contributed by atoms with Crippen molar-refractivity contribution in [3.63, 3.8) is 0 Å². The van der Waals surface area contributed by atoms with E-state index in [0.29, 0.717) is 0 Å². The molecule has 0 unspecified atom stereocenters. The van der Waals surface area contributed by atoms with Crippen LogP contribution in [0.2, 0.25) is 0 Å². The zero-order valence-electron chi connectivity index (χ0n) is 8.89. The Kier molecular flexibility index (Phi) is 2.73. The van der Waals surface area contributed by atoms with Crippen molar-refractivity contribution in [1.29, 1.82) is 0 Å². The van der Waals surface area contributed by atoms with Crippen LogP contribution in [0.5, 0.6) is 0 Å². The molecule has 1 heterocycles. The van der Waals surface area contributed by atoms with E-state index >= 15 is 0 Å². The van der Waals surface area contributed by atoms with Crippen LogP contribution >= 0.6 is 0 Å². The van der Waals surface area contributed by atoms with Crippen LogP contribution in [0.1, 0.15) is 5.56 Å². The van der Waals surface area contributed by atoms with E-state index in [-0.39, 0.29) is 5.82 Å². The summed E-state index contributed by atoms with van der Waals surface area (Å²) in [5.41, 5.74) is 2.98. The van der Waals surface area contributed by atoms with Gasteiger partial charge in [-0.15, -0.1) is 0 Å². The fraction of sp³-hybridized carbons (Fsp3) is 0.333. The second kappa shape index (κ2) is 4.03. The van der Waals surface area contributed by atoms with Gasteiger partial charge in [0.05, 0.1) is 0 Å². The van der Waals surface area contributed by atoms with E-state index in [1.807, 2.05) is 7.05 Å². The number of halogens is 1. The molecule has 1 aromatic rings. The van der Waals surface area contributed by atoms with E-state index in [9.17, 15) is 4.39 Å². The van der Waals surface area contributed by atoms with E-state index < -0.39 is 0 Å². The van der Waals surface area contributed by atoms with Crippen molar-refractivity contribution >= 4 is 11.3 Å². The van der Waals surface area contributed by atoms with Crippen LogP contribution in [0, 0.1) is 5.82 Å². The van der Waals surface area contributed by atoms with Gasteiger partial charge in [-0.3, -0.25) is 0 Å². The molecule has 0 radical (unpaired) electrons. The second-order valence-corrected chi connectivity index (χ2v) is 3.86. The third-order valence-corrected chi connectivity index (χ3v) is 2.71. The lowest BCUT2D eigenvalue weighted by atomic mass is 10.0. The van der Waals surface area contributed by atoms with Gasteiger partial charge in [-0.25, -0.2) is 4.39 Å². The van der Waals surface area contributed by atoms with Gasteiger partial charge in [-0.1, -0.05) is 6.58 Å². The number of rotatable bonds is 0. The lowest BCUT2D eigenvalue weighted by molar-refractivity contribution is 0.625. The van der Waals surface area contributed by atoms with E-state index in [1.165, 1.54) is 6.07 Å². The highest BCUT2D eigenvalue weighted by Gasteiger charge is 2.13. The van der Waals surface area contributed by atoms with Crippen molar-refractivity contribution in [1.82, 2.24) is 5.32 Å². The van der Waals surface area contributed by atoms with Crippen LogP contribution < -0.4 is 10.2 Å². The lowest BCUT2D eigenvalue weighted by Crippen LogP contribution is -2.33. The van der Waals surface area contributed by atoms with Gasteiger partial charge in [0.25, 0.3) is 0 Å². The Balaban J connectivity index is 2.48. The number of nitrogens with one attached hydrogen (secondary N) is 1. The third kappa shape index (κ3) is 2.02. The van der Waals surface area contributed by atoms with Crippen molar-refractivity contribution in [2.45, 2.75) is 0 Å². The number of hydrogen-bond acceptors (Lipinski definition) is 2. The van der Waals surface area contributed by atoms with Gasteiger partial charge in [0.15, 0.2) is 0 Å². The summed E-state index contributed by atoms with van der Waals surface area (Å²) in [6, 6.07) is 4.86. The summed E-state index contributed by atoms with van der Waals surface area (Å²) in [5.74, 6) is -0.193. The Morgan fingerprint density at radius 1 is 1.47 bits per heavy atom. The number of benzene rings is 1. The van der Waals surface area contributed by atoms with Gasteiger partial charge in [0.1, 0.15) is 5.82 Å². The first kappa shape index (κ1) is 10.2. The molecule has 0 spiro atoms. The Morgan fingerprint density at radius 2 is 2.27 bits per heavy atom. The molecule has 80 valence electrons. The van der Waals surface area contributed by atoms with Gasteiger partial charge in [0, 0.05) is 37.9 Å². The molecule has 2 nitrogen and oxygen atoms in total. The van der Waals surface area contributed by atoms with Crippen LogP contribution in [0.3, 0.4) is 0 Å². The lowest BCUT2D eigenvalue weighted by Gasteiger charge is -2.26. The molecule has 1 aliphatic heterocycles. The summed E-state index contributed by atoms with van der Waals surface area (Å²) in [5, 5.41) is 3.29. The predicted octanol–water partition coefficient (Wildman–Crippen LogP) is 1.88. The van der Waals surface area contributed by atoms with Crippen molar-refractivity contribution < 1.29 is 4.39 Å². The molecule has 1 aromatic carbocycles. The van der Waals surface area contributed by atoms with Crippen LogP contribution in [-0.2, 0) is 0 Å². The van der Waals surface area contributed by atoms with Gasteiger partial charge < -0.3 is 10.2 Å². The first-order valence-electron chi connectivity index (χ1n) is 5.08. The van der Waals surface area contributed by atoms with Crippen LogP contribution in [0.25, 0.3) is 5.57 Å². The summed E-state index contributed by atoms with van der Waals surface area (Å²) < 4.78 is 13.2. The molecule has 1 N–H and O–H groups in total. The molecular weight excluding hydrogens is 191 g/mol. The maximum atomic E-state index is 13.2. The normalized spacial score (nSPS) is 16.9. The van der Waals surface area contributed by atoms with Crippen LogP contribution in [-0.4, -0.2) is 26.7 Å². The minimum Gasteiger partial charge on any atom is -0.373 e. The van der Waals surface area contributed by atoms with E-state index in [2.05, 4.69) is 16.8 Å². The summed E-state index contributed by atoms with van der Waals surface area (Å²) in [6.45, 7) is 6.55. The van der Waals surface area contributed by atoms with Crippen molar-refractivity contribution in [3.8, 4) is 0 Å². The van der Waals surface area contributed by atoms with E-state index in [0.717, 1.165) is 36.5 Å². The molecule has 0 atom stereocenters. The zero-order valence-corrected chi connectivity index (χ0v) is 8.89. The summed E-state index contributed by atoms with van der Waals surface area (Å²) >= 11 is 0. The quantitative estimate of drug-likeness (QED) is 0.697. The van der Waals surface area contributed by atoms with Crippen molar-refractivity contribution in [2.75, 3.05) is 31.6 Å². The average Bonchev–Trinajstić information content (AvgIpc) is 2.22. The molecule has 0 bridgehead atoms. The molecule has 1 aliphatic rings. The Morgan fingerprint density at radius 3 is 3.07 bits per heavy atom. The number of fused-ring (bicyclic) bond motifs is 1. The number of hydrogen-bond donors (Lipinski definition) is 1. The Hall–Kier alpha value is -1.35. The maximum absolute atomic E-state index is 13.2. The molecule has 0 amide bonds. The molecule has 0 saturated carbocycles. The molecule has 0 aliphatic carbocycles. The standard InChI is InChI=1S/C12H15FN2/c1-9-8-14-5-6-15(2)12-7-10(13)3-4-11(9)12/h3-4,7,14H,1,5-6,8H2,2H3. The van der Waals surface area contributed by atoms with Gasteiger partial charge in [0.2, 0.25) is 0 Å². The Labute approximate surface area is 89.4 Å². The van der Waals surface area contributed by atoms with Gasteiger partial charge in [-0.05, 0) is 23.8 Å². The van der Waals surface area contributed by atoms with Crippen molar-refractivity contribution in [3.05, 3.63) is 36.2 Å². The third-order valence-electron chi connectivity index (χ3n) is 2.71. The smallest absolute Gasteiger partial charge is 0.125 e. The van der Waals surface area contributed by atoms with E-state index in [4.69, 9.17) is 0 Å². The second-order valence-electron chi connectivity index (χ2n) is 3.86. The molecule has 0 saturated heterocycles. The first-order valence-corrected chi connectivity index (χ1v) is 5.08. The van der Waals surface area contributed by atoms with Gasteiger partial charge >= 0.3 is 0 Å². The summed E-state index contributed by atoms with van der Waals surface area (Å²) in [7, 11) is 1.97. The molecule has 2 rings (SSSR count). The predicted molar refractivity (Wildman–Crippen MR) is 61.6 cm³/mol. The Bertz CT molecular complexity index is 387. The molecule has 15 heavy (non-hydrogen) atoms. The topological polar surface area (TPSA) is 15.3 Å². The van der Waals surface area contributed by atoms with Crippen LogP contribution in [0.15, 0.2) is 24.8 Å². The fourth-order valence-corrected chi connectivity index (χ4v) is 1.82. The van der Waals surface area contributed by atoms with Gasteiger partial charge in [-0.2, -0.15) is 0 Å². The first-order chi connectivity index (χ1) is 7.18. The molecule has 0 fully saturated rings. The largest absolute Gasteiger partial charge is 0.373 e. The summed E-state index contributed by atoms with van der Waals surface area (Å²) in [4.78, 5) is 2.05. The minimum absolute atomic E-state index is 0.193. The SMILES string of the molecule is C=C1CNCCN(C)c2cc(F)ccc21. The monoisotopic (exact) mass is 206 g/mol. The fourth-order valence-electron chi connectivity index (χ4n) is 1.82. The van der Waals surface area contributed by atoms with Crippen LogP contribution in [0.4, 0.5) is 10.1 Å². The molecule has 3 heteroatoms. The highest BCUT2D eigenvalue weighted by molar-refractivity contribution is 5.76. The number of anilines is 1. The maximum Gasteiger partial charge on any atom is 0.125 e. The highest BCUT2D eigenvalue weighted by atomic mass is 19.1. The highest BCUT2D eigenvalue weighted by Crippen LogP contribution is 2.27. The number of likely N-dealkylation sites (N-methyl/N-ethyl adjacent to an activating group) is 1. The zero-order chi connectivity index (χ0) is 10.8. The minimum atomic E-state index is -0.193.